The summed E-state index contributed by atoms with van der Waals surface area (Å²) < 4.78 is 5.49. The number of hydrogen-bond donors (Lipinski definition) is 0. The minimum atomic E-state index is -0.401. The Morgan fingerprint density at radius 1 is 0.962 bits per heavy atom. The van der Waals surface area contributed by atoms with E-state index in [1.165, 1.54) is 4.90 Å². The van der Waals surface area contributed by atoms with Gasteiger partial charge in [0.1, 0.15) is 6.61 Å². The quantitative estimate of drug-likeness (QED) is 0.458. The van der Waals surface area contributed by atoms with E-state index in [0.29, 0.717) is 16.7 Å². The van der Waals surface area contributed by atoms with E-state index < -0.39 is 5.97 Å². The van der Waals surface area contributed by atoms with Crippen LogP contribution in [0.15, 0.2) is 77.7 Å². The number of ether oxygens (including phenoxy) is 1. The topological polar surface area (TPSA) is 50.1 Å². The maximum atomic E-state index is 12.6. The van der Waals surface area contributed by atoms with Crippen molar-refractivity contribution in [3.63, 3.8) is 0 Å². The fourth-order valence-corrected chi connectivity index (χ4v) is 3.07. The Morgan fingerprint density at radius 3 is 2.31 bits per heavy atom. The predicted octanol–water partition coefficient (Wildman–Crippen LogP) is 5.30. The van der Waals surface area contributed by atoms with Crippen LogP contribution in [0.4, 0.5) is 0 Å². The fourth-order valence-electron chi connectivity index (χ4n) is 2.66. The molecule has 0 spiro atoms. The van der Waals surface area contributed by atoms with Crippen LogP contribution in [0, 0.1) is 11.3 Å². The SMILES string of the molecule is CSc1ccc(COC(=O)c2ccccc2-c2ccccc2C#N)cc1. The first-order valence-corrected chi connectivity index (χ1v) is 9.34. The minimum absolute atomic E-state index is 0.210. The minimum Gasteiger partial charge on any atom is -0.457 e. The number of carbonyl (C=O) groups excluding carboxylic acids is 1. The van der Waals surface area contributed by atoms with Gasteiger partial charge < -0.3 is 4.74 Å². The van der Waals surface area contributed by atoms with E-state index in [2.05, 4.69) is 6.07 Å². The van der Waals surface area contributed by atoms with Gasteiger partial charge in [0.15, 0.2) is 0 Å². The van der Waals surface area contributed by atoms with Gasteiger partial charge >= 0.3 is 5.97 Å². The van der Waals surface area contributed by atoms with E-state index in [-0.39, 0.29) is 6.61 Å². The average Bonchev–Trinajstić information content (AvgIpc) is 2.72. The van der Waals surface area contributed by atoms with Crippen LogP contribution in [0.2, 0.25) is 0 Å². The Morgan fingerprint density at radius 2 is 1.62 bits per heavy atom. The molecule has 0 saturated heterocycles. The molecular weight excluding hydrogens is 342 g/mol. The van der Waals surface area contributed by atoms with Gasteiger partial charge in [-0.3, -0.25) is 0 Å². The second-order valence-corrected chi connectivity index (χ2v) is 6.51. The molecule has 26 heavy (non-hydrogen) atoms. The van der Waals surface area contributed by atoms with Crippen molar-refractivity contribution in [2.45, 2.75) is 11.5 Å². The highest BCUT2D eigenvalue weighted by molar-refractivity contribution is 7.98. The molecule has 0 bridgehead atoms. The Hall–Kier alpha value is -3.03. The number of esters is 1. The Bertz CT molecular complexity index is 958. The molecule has 0 heterocycles. The molecular formula is C22H17NO2S. The van der Waals surface area contributed by atoms with Gasteiger partial charge in [0, 0.05) is 10.5 Å². The number of benzene rings is 3. The molecule has 3 aromatic rings. The van der Waals surface area contributed by atoms with Gasteiger partial charge in [0.25, 0.3) is 0 Å². The molecule has 0 fully saturated rings. The van der Waals surface area contributed by atoms with Gasteiger partial charge in [-0.15, -0.1) is 11.8 Å². The zero-order chi connectivity index (χ0) is 18.4. The van der Waals surface area contributed by atoms with E-state index in [9.17, 15) is 10.1 Å². The molecule has 0 saturated carbocycles. The lowest BCUT2D eigenvalue weighted by molar-refractivity contribution is 0.0473. The van der Waals surface area contributed by atoms with Crippen LogP contribution < -0.4 is 0 Å². The Kier molecular flexibility index (Phi) is 5.73. The van der Waals surface area contributed by atoms with Gasteiger partial charge in [0.05, 0.1) is 17.2 Å². The molecule has 0 aliphatic heterocycles. The summed E-state index contributed by atoms with van der Waals surface area (Å²) >= 11 is 1.67. The van der Waals surface area contributed by atoms with Crippen LogP contribution in [-0.2, 0) is 11.3 Å². The van der Waals surface area contributed by atoms with Crippen molar-refractivity contribution in [1.29, 1.82) is 5.26 Å². The van der Waals surface area contributed by atoms with Crippen LogP contribution in [-0.4, -0.2) is 12.2 Å². The Labute approximate surface area is 157 Å². The van der Waals surface area contributed by atoms with Crippen molar-refractivity contribution < 1.29 is 9.53 Å². The van der Waals surface area contributed by atoms with E-state index in [1.807, 2.05) is 54.8 Å². The molecule has 0 amide bonds. The van der Waals surface area contributed by atoms with Crippen molar-refractivity contribution in [3.05, 3.63) is 89.5 Å². The molecule has 0 aliphatic carbocycles. The summed E-state index contributed by atoms with van der Waals surface area (Å²) in [6, 6.07) is 24.5. The van der Waals surface area contributed by atoms with E-state index in [4.69, 9.17) is 4.74 Å². The van der Waals surface area contributed by atoms with Crippen LogP contribution in [0.5, 0.6) is 0 Å². The van der Waals surface area contributed by atoms with Gasteiger partial charge in [-0.05, 0) is 41.6 Å². The summed E-state index contributed by atoms with van der Waals surface area (Å²) in [7, 11) is 0. The predicted molar refractivity (Wildman–Crippen MR) is 104 cm³/mol. The zero-order valence-electron chi connectivity index (χ0n) is 14.3. The molecule has 0 N–H and O–H groups in total. The average molecular weight is 359 g/mol. The number of nitrogens with zero attached hydrogens (tertiary/aromatic N) is 1. The third kappa shape index (κ3) is 3.96. The third-order valence-electron chi connectivity index (χ3n) is 4.01. The maximum absolute atomic E-state index is 12.6. The first-order chi connectivity index (χ1) is 12.7. The Balaban J connectivity index is 1.83. The highest BCUT2D eigenvalue weighted by atomic mass is 32.2. The van der Waals surface area contributed by atoms with Crippen molar-refractivity contribution >= 4 is 17.7 Å². The van der Waals surface area contributed by atoms with Gasteiger partial charge in [-0.1, -0.05) is 48.5 Å². The number of thioether (sulfide) groups is 1. The zero-order valence-corrected chi connectivity index (χ0v) is 15.1. The summed E-state index contributed by atoms with van der Waals surface area (Å²) in [6.45, 7) is 0.210. The summed E-state index contributed by atoms with van der Waals surface area (Å²) in [5.41, 5.74) is 3.35. The summed E-state index contributed by atoms with van der Waals surface area (Å²) in [4.78, 5) is 13.8. The standard InChI is InChI=1S/C22H17NO2S/c1-26-18-12-10-16(11-13-18)15-25-22(24)21-9-5-4-8-20(21)19-7-3-2-6-17(19)14-23/h2-13H,15H2,1H3. The lowest BCUT2D eigenvalue weighted by atomic mass is 9.96. The third-order valence-corrected chi connectivity index (χ3v) is 4.76. The first kappa shape index (κ1) is 17.8. The first-order valence-electron chi connectivity index (χ1n) is 8.11. The van der Waals surface area contributed by atoms with E-state index in [0.717, 1.165) is 11.1 Å². The number of carbonyl (C=O) groups is 1. The lowest BCUT2D eigenvalue weighted by Crippen LogP contribution is -2.07. The summed E-state index contributed by atoms with van der Waals surface area (Å²) in [6.07, 6.45) is 2.02. The smallest absolute Gasteiger partial charge is 0.339 e. The molecule has 0 aliphatic rings. The maximum Gasteiger partial charge on any atom is 0.339 e. The lowest BCUT2D eigenvalue weighted by Gasteiger charge is -2.11. The molecule has 0 radical (unpaired) electrons. The van der Waals surface area contributed by atoms with Gasteiger partial charge in [-0.2, -0.15) is 5.26 Å². The molecule has 4 heteroatoms. The second-order valence-electron chi connectivity index (χ2n) is 5.63. The van der Waals surface area contributed by atoms with E-state index in [1.54, 1.807) is 36.0 Å². The largest absolute Gasteiger partial charge is 0.457 e. The van der Waals surface area contributed by atoms with Crippen LogP contribution >= 0.6 is 11.8 Å². The number of rotatable bonds is 5. The normalized spacial score (nSPS) is 10.2. The van der Waals surface area contributed by atoms with E-state index >= 15 is 0 Å². The second kappa shape index (κ2) is 8.37. The molecule has 0 atom stereocenters. The van der Waals surface area contributed by atoms with Gasteiger partial charge in [0.2, 0.25) is 0 Å². The highest BCUT2D eigenvalue weighted by Crippen LogP contribution is 2.27. The molecule has 0 aromatic heterocycles. The molecule has 3 nitrogen and oxygen atoms in total. The van der Waals surface area contributed by atoms with Crippen molar-refractivity contribution in [2.24, 2.45) is 0 Å². The summed E-state index contributed by atoms with van der Waals surface area (Å²) in [5.74, 6) is -0.401. The summed E-state index contributed by atoms with van der Waals surface area (Å²) in [5, 5.41) is 9.34. The molecule has 3 rings (SSSR count). The highest BCUT2D eigenvalue weighted by Gasteiger charge is 2.16. The van der Waals surface area contributed by atoms with Crippen LogP contribution in [0.3, 0.4) is 0 Å². The van der Waals surface area contributed by atoms with Crippen molar-refractivity contribution in [1.82, 2.24) is 0 Å². The monoisotopic (exact) mass is 359 g/mol. The molecule has 3 aromatic carbocycles. The van der Waals surface area contributed by atoms with Gasteiger partial charge in [-0.25, -0.2) is 4.79 Å². The van der Waals surface area contributed by atoms with Crippen LogP contribution in [0.25, 0.3) is 11.1 Å². The number of hydrogen-bond acceptors (Lipinski definition) is 4. The van der Waals surface area contributed by atoms with Crippen molar-refractivity contribution in [2.75, 3.05) is 6.26 Å². The van der Waals surface area contributed by atoms with Crippen molar-refractivity contribution in [3.8, 4) is 17.2 Å². The molecule has 0 unspecified atom stereocenters. The fraction of sp³-hybridized carbons (Fsp3) is 0.0909. The number of nitriles is 1. The van der Waals surface area contributed by atoms with Crippen LogP contribution in [0.1, 0.15) is 21.5 Å². The molecule has 128 valence electrons.